The van der Waals surface area contributed by atoms with E-state index in [9.17, 15) is 9.59 Å². The zero-order valence-electron chi connectivity index (χ0n) is 12.3. The lowest BCUT2D eigenvalue weighted by Crippen LogP contribution is -2.41. The third-order valence-electron chi connectivity index (χ3n) is 2.97. The Kier molecular flexibility index (Phi) is 11.5. The molecule has 5 nitrogen and oxygen atoms in total. The standard InChI is InChI=1S/C15H21ClN2O3.ClH/c16-10-14(19)13(8-4-5-9-17)18-15(20)21-11-12-6-2-1-3-7-12;/h1-3,6-7,13H,4-5,8-11,17H2,(H,18,20);1H/t13-;/m0./s1. The van der Waals surface area contributed by atoms with Crippen molar-refractivity contribution in [1.29, 1.82) is 0 Å². The second kappa shape index (κ2) is 12.3. The number of alkyl carbamates (subject to hydrolysis) is 1. The van der Waals surface area contributed by atoms with Crippen molar-refractivity contribution in [2.45, 2.75) is 31.9 Å². The Morgan fingerprint density at radius 1 is 1.23 bits per heavy atom. The Hall–Kier alpha value is -1.30. The van der Waals surface area contributed by atoms with Crippen molar-refractivity contribution >= 4 is 35.9 Å². The first-order chi connectivity index (χ1) is 10.2. The van der Waals surface area contributed by atoms with Crippen molar-refractivity contribution < 1.29 is 14.3 Å². The predicted molar refractivity (Wildman–Crippen MR) is 89.4 cm³/mol. The predicted octanol–water partition coefficient (Wildman–Crippen LogP) is 2.64. The number of ether oxygens (including phenoxy) is 1. The lowest BCUT2D eigenvalue weighted by atomic mass is 10.1. The zero-order chi connectivity index (χ0) is 15.5. The summed E-state index contributed by atoms with van der Waals surface area (Å²) >= 11 is 5.55. The SMILES string of the molecule is Cl.NCCCC[C@H](NC(=O)OCc1ccccc1)C(=O)CCl. The molecule has 0 bridgehead atoms. The molecule has 22 heavy (non-hydrogen) atoms. The Morgan fingerprint density at radius 2 is 1.91 bits per heavy atom. The van der Waals surface area contributed by atoms with Crippen LogP contribution in [-0.2, 0) is 16.1 Å². The number of nitrogens with one attached hydrogen (secondary N) is 1. The van der Waals surface area contributed by atoms with Crippen molar-refractivity contribution in [2.75, 3.05) is 12.4 Å². The van der Waals surface area contributed by atoms with Crippen LogP contribution in [-0.4, -0.2) is 30.3 Å². The number of rotatable bonds is 9. The van der Waals surface area contributed by atoms with Gasteiger partial charge in [-0.15, -0.1) is 24.0 Å². The molecule has 1 rings (SSSR count). The van der Waals surface area contributed by atoms with Gasteiger partial charge in [-0.25, -0.2) is 4.79 Å². The molecular formula is C15H22Cl2N2O3. The number of nitrogens with two attached hydrogens (primary N) is 1. The summed E-state index contributed by atoms with van der Waals surface area (Å²) in [5.41, 5.74) is 6.30. The lowest BCUT2D eigenvalue weighted by Gasteiger charge is -2.16. The van der Waals surface area contributed by atoms with Gasteiger partial charge in [-0.2, -0.15) is 0 Å². The number of benzene rings is 1. The van der Waals surface area contributed by atoms with Crippen molar-refractivity contribution in [3.05, 3.63) is 35.9 Å². The lowest BCUT2D eigenvalue weighted by molar-refractivity contribution is -0.118. The molecule has 0 aromatic heterocycles. The van der Waals surface area contributed by atoms with Gasteiger partial charge in [-0.1, -0.05) is 30.3 Å². The quantitative estimate of drug-likeness (QED) is 0.530. The van der Waals surface area contributed by atoms with Crippen LogP contribution in [0.15, 0.2) is 30.3 Å². The monoisotopic (exact) mass is 348 g/mol. The van der Waals surface area contributed by atoms with Crippen LogP contribution in [0.5, 0.6) is 0 Å². The summed E-state index contributed by atoms with van der Waals surface area (Å²) in [6.07, 6.45) is 1.45. The van der Waals surface area contributed by atoms with E-state index in [1.54, 1.807) is 0 Å². The van der Waals surface area contributed by atoms with Crippen LogP contribution >= 0.6 is 24.0 Å². The van der Waals surface area contributed by atoms with E-state index in [-0.39, 0.29) is 30.7 Å². The van der Waals surface area contributed by atoms with Crippen LogP contribution in [0, 0.1) is 0 Å². The first-order valence-electron chi connectivity index (χ1n) is 6.93. The van der Waals surface area contributed by atoms with E-state index in [2.05, 4.69) is 5.32 Å². The van der Waals surface area contributed by atoms with Gasteiger partial charge in [0.15, 0.2) is 5.78 Å². The molecule has 1 atom stereocenters. The van der Waals surface area contributed by atoms with Crippen LogP contribution in [0.25, 0.3) is 0 Å². The number of unbranched alkanes of at least 4 members (excludes halogenated alkanes) is 1. The van der Waals surface area contributed by atoms with E-state index in [1.807, 2.05) is 30.3 Å². The molecule has 0 radical (unpaired) electrons. The molecule has 0 spiro atoms. The number of halogens is 2. The minimum Gasteiger partial charge on any atom is -0.445 e. The van der Waals surface area contributed by atoms with Crippen molar-refractivity contribution in [3.8, 4) is 0 Å². The first kappa shape index (κ1) is 20.7. The van der Waals surface area contributed by atoms with Crippen molar-refractivity contribution in [1.82, 2.24) is 5.32 Å². The molecule has 0 fully saturated rings. The number of hydrogen-bond donors (Lipinski definition) is 2. The van der Waals surface area contributed by atoms with Gasteiger partial charge in [0.25, 0.3) is 0 Å². The Bertz CT molecular complexity index is 444. The molecular weight excluding hydrogens is 327 g/mol. The molecule has 124 valence electrons. The maximum Gasteiger partial charge on any atom is 0.408 e. The van der Waals surface area contributed by atoms with Gasteiger partial charge in [0.05, 0.1) is 11.9 Å². The summed E-state index contributed by atoms with van der Waals surface area (Å²) in [5, 5.41) is 2.56. The van der Waals surface area contributed by atoms with E-state index in [1.165, 1.54) is 0 Å². The largest absolute Gasteiger partial charge is 0.445 e. The zero-order valence-corrected chi connectivity index (χ0v) is 13.9. The molecule has 1 aromatic carbocycles. The van der Waals surface area contributed by atoms with Crippen molar-refractivity contribution in [2.24, 2.45) is 5.73 Å². The molecule has 0 unspecified atom stereocenters. The van der Waals surface area contributed by atoms with E-state index in [4.69, 9.17) is 22.1 Å². The topological polar surface area (TPSA) is 81.4 Å². The summed E-state index contributed by atoms with van der Waals surface area (Å²) in [4.78, 5) is 23.4. The highest BCUT2D eigenvalue weighted by Gasteiger charge is 2.20. The average molecular weight is 349 g/mol. The molecule has 0 heterocycles. The normalized spacial score (nSPS) is 11.2. The number of alkyl halides is 1. The minimum absolute atomic E-state index is 0. The maximum atomic E-state index is 11.7. The van der Waals surface area contributed by atoms with E-state index in [0.717, 1.165) is 18.4 Å². The van der Waals surface area contributed by atoms with E-state index in [0.29, 0.717) is 13.0 Å². The van der Waals surface area contributed by atoms with E-state index >= 15 is 0 Å². The van der Waals surface area contributed by atoms with Gasteiger partial charge in [-0.05, 0) is 31.4 Å². The summed E-state index contributed by atoms with van der Waals surface area (Å²) in [5.74, 6) is -0.350. The highest BCUT2D eigenvalue weighted by molar-refractivity contribution is 6.28. The number of carbonyl (C=O) groups excluding carboxylic acids is 2. The van der Waals surface area contributed by atoms with Crippen molar-refractivity contribution in [3.63, 3.8) is 0 Å². The second-order valence-electron chi connectivity index (χ2n) is 4.64. The highest BCUT2D eigenvalue weighted by atomic mass is 35.5. The third kappa shape index (κ3) is 8.22. The van der Waals surface area contributed by atoms with Crippen LogP contribution in [0.1, 0.15) is 24.8 Å². The Balaban J connectivity index is 0.00000441. The number of Topliss-reactive ketones (excluding diaryl/α,β-unsaturated/α-hetero) is 1. The molecule has 1 amide bonds. The fourth-order valence-corrected chi connectivity index (χ4v) is 1.99. The second-order valence-corrected chi connectivity index (χ2v) is 4.91. The molecule has 0 aliphatic rings. The Morgan fingerprint density at radius 3 is 2.50 bits per heavy atom. The summed E-state index contributed by atoms with van der Waals surface area (Å²) in [6.45, 7) is 0.720. The number of carbonyl (C=O) groups is 2. The molecule has 7 heteroatoms. The summed E-state index contributed by atoms with van der Waals surface area (Å²) in [7, 11) is 0. The first-order valence-corrected chi connectivity index (χ1v) is 7.46. The van der Waals surface area contributed by atoms with Crippen LogP contribution in [0.4, 0.5) is 4.79 Å². The highest BCUT2D eigenvalue weighted by Crippen LogP contribution is 2.05. The van der Waals surface area contributed by atoms with Gasteiger partial charge in [0.2, 0.25) is 0 Å². The van der Waals surface area contributed by atoms with E-state index < -0.39 is 12.1 Å². The number of amides is 1. The molecule has 0 aliphatic carbocycles. The average Bonchev–Trinajstić information content (AvgIpc) is 2.52. The van der Waals surface area contributed by atoms with Crippen LogP contribution < -0.4 is 11.1 Å². The molecule has 0 saturated heterocycles. The van der Waals surface area contributed by atoms with Gasteiger partial charge >= 0.3 is 6.09 Å². The van der Waals surface area contributed by atoms with Gasteiger partial charge in [0, 0.05) is 0 Å². The molecule has 0 aliphatic heterocycles. The summed E-state index contributed by atoms with van der Waals surface area (Å²) < 4.78 is 5.09. The maximum absolute atomic E-state index is 11.7. The fraction of sp³-hybridized carbons (Fsp3) is 0.467. The smallest absolute Gasteiger partial charge is 0.408 e. The molecule has 0 saturated carbocycles. The minimum atomic E-state index is -0.616. The molecule has 1 aromatic rings. The van der Waals surface area contributed by atoms with Gasteiger partial charge < -0.3 is 15.8 Å². The Labute approximate surface area is 141 Å². The third-order valence-corrected chi connectivity index (χ3v) is 3.24. The summed E-state index contributed by atoms with van der Waals surface area (Å²) in [6, 6.07) is 8.71. The van der Waals surface area contributed by atoms with Gasteiger partial charge in [0.1, 0.15) is 6.61 Å². The van der Waals surface area contributed by atoms with Gasteiger partial charge in [-0.3, -0.25) is 4.79 Å². The molecule has 3 N–H and O–H groups in total. The number of hydrogen-bond acceptors (Lipinski definition) is 4. The fourth-order valence-electron chi connectivity index (χ4n) is 1.81. The van der Waals surface area contributed by atoms with Crippen LogP contribution in [0.3, 0.4) is 0 Å². The number of ketones is 1. The van der Waals surface area contributed by atoms with Crippen LogP contribution in [0.2, 0.25) is 0 Å².